The zero-order valence-corrected chi connectivity index (χ0v) is 19.6. The lowest BCUT2D eigenvalue weighted by molar-refractivity contribution is -0.385. The van der Waals surface area contributed by atoms with Gasteiger partial charge in [0.15, 0.2) is 0 Å². The highest BCUT2D eigenvalue weighted by atomic mass is 16.6. The fourth-order valence-electron chi connectivity index (χ4n) is 4.84. The molecule has 2 aliphatic carbocycles. The van der Waals surface area contributed by atoms with Gasteiger partial charge in [0.2, 0.25) is 5.95 Å². The van der Waals surface area contributed by atoms with Crippen molar-refractivity contribution in [1.82, 2.24) is 15.3 Å². The van der Waals surface area contributed by atoms with Gasteiger partial charge in [-0.25, -0.2) is 4.98 Å². The minimum atomic E-state index is -0.431. The standard InChI is InChI=1S/C24H32N6O3/c1-15-14-16(8-13-21(15)30(32)33)23(31)25-17-9-11-18(12-10-17)26-24-27-20-7-5-4-6-19(20)22(28-24)29(2)3/h8,13-14,17-18H,4-7,9-12H2,1-3H3,(H,25,31)(H,26,27,28). The Balaban J connectivity index is 1.34. The maximum atomic E-state index is 12.6. The molecular formula is C24H32N6O3. The van der Waals surface area contributed by atoms with Crippen LogP contribution in [0.1, 0.15) is 65.7 Å². The molecule has 4 rings (SSSR count). The summed E-state index contributed by atoms with van der Waals surface area (Å²) < 4.78 is 0. The highest BCUT2D eigenvalue weighted by Gasteiger charge is 2.25. The van der Waals surface area contributed by atoms with Crippen molar-refractivity contribution in [2.24, 2.45) is 0 Å². The predicted octanol–water partition coefficient (Wildman–Crippen LogP) is 3.79. The number of hydrogen-bond acceptors (Lipinski definition) is 7. The van der Waals surface area contributed by atoms with Gasteiger partial charge in [-0.2, -0.15) is 4.98 Å². The molecule has 33 heavy (non-hydrogen) atoms. The summed E-state index contributed by atoms with van der Waals surface area (Å²) in [4.78, 5) is 34.9. The van der Waals surface area contributed by atoms with Crippen LogP contribution in [0.3, 0.4) is 0 Å². The quantitative estimate of drug-likeness (QED) is 0.506. The minimum absolute atomic E-state index is 0.0277. The molecule has 1 fully saturated rings. The number of aromatic nitrogens is 2. The zero-order valence-electron chi connectivity index (χ0n) is 19.6. The normalized spacial score (nSPS) is 20.0. The van der Waals surface area contributed by atoms with E-state index in [1.807, 2.05) is 14.1 Å². The largest absolute Gasteiger partial charge is 0.362 e. The molecule has 0 bridgehead atoms. The lowest BCUT2D eigenvalue weighted by Gasteiger charge is -2.30. The van der Waals surface area contributed by atoms with E-state index >= 15 is 0 Å². The lowest BCUT2D eigenvalue weighted by atomic mass is 9.91. The van der Waals surface area contributed by atoms with Gasteiger partial charge in [-0.1, -0.05) is 0 Å². The highest BCUT2D eigenvalue weighted by Crippen LogP contribution is 2.29. The first-order chi connectivity index (χ1) is 15.8. The third-order valence-electron chi connectivity index (χ3n) is 6.64. The van der Waals surface area contributed by atoms with Crippen LogP contribution in [-0.4, -0.2) is 47.0 Å². The van der Waals surface area contributed by atoms with Crippen LogP contribution in [0.5, 0.6) is 0 Å². The zero-order chi connectivity index (χ0) is 23.5. The predicted molar refractivity (Wildman–Crippen MR) is 128 cm³/mol. The number of amides is 1. The first kappa shape index (κ1) is 22.9. The first-order valence-corrected chi connectivity index (χ1v) is 11.7. The molecule has 0 radical (unpaired) electrons. The Labute approximate surface area is 194 Å². The summed E-state index contributed by atoms with van der Waals surface area (Å²) in [7, 11) is 4.06. The number of nitrogens with zero attached hydrogens (tertiary/aromatic N) is 4. The minimum Gasteiger partial charge on any atom is -0.362 e. The Bertz CT molecular complexity index is 1050. The molecular weight excluding hydrogens is 420 g/mol. The van der Waals surface area contributed by atoms with E-state index in [0.717, 1.165) is 44.3 Å². The van der Waals surface area contributed by atoms with Crippen molar-refractivity contribution < 1.29 is 9.72 Å². The second-order valence-corrected chi connectivity index (χ2v) is 9.32. The average molecular weight is 453 g/mol. The molecule has 2 aliphatic rings. The summed E-state index contributed by atoms with van der Waals surface area (Å²) in [6, 6.07) is 4.86. The fourth-order valence-corrected chi connectivity index (χ4v) is 4.84. The van der Waals surface area contributed by atoms with Crippen molar-refractivity contribution in [2.75, 3.05) is 24.3 Å². The summed E-state index contributed by atoms with van der Waals surface area (Å²) in [5.74, 6) is 1.53. The van der Waals surface area contributed by atoms with Gasteiger partial charge in [0, 0.05) is 48.9 Å². The van der Waals surface area contributed by atoms with Gasteiger partial charge in [-0.05, 0) is 70.4 Å². The Hall–Kier alpha value is -3.23. The van der Waals surface area contributed by atoms with E-state index in [2.05, 4.69) is 15.5 Å². The average Bonchev–Trinajstić information content (AvgIpc) is 2.79. The molecule has 1 amide bonds. The number of nitro groups is 1. The highest BCUT2D eigenvalue weighted by molar-refractivity contribution is 5.94. The van der Waals surface area contributed by atoms with E-state index in [0.29, 0.717) is 17.1 Å². The number of aryl methyl sites for hydroxylation is 2. The molecule has 9 nitrogen and oxygen atoms in total. The molecule has 1 aromatic carbocycles. The second-order valence-electron chi connectivity index (χ2n) is 9.32. The number of rotatable bonds is 6. The number of benzene rings is 1. The second kappa shape index (κ2) is 9.72. The maximum Gasteiger partial charge on any atom is 0.272 e. The molecule has 1 aromatic heterocycles. The molecule has 1 saturated carbocycles. The number of carbonyl (C=O) groups is 1. The van der Waals surface area contributed by atoms with Gasteiger partial charge < -0.3 is 15.5 Å². The summed E-state index contributed by atoms with van der Waals surface area (Å²) >= 11 is 0. The van der Waals surface area contributed by atoms with Crippen LogP contribution >= 0.6 is 0 Å². The monoisotopic (exact) mass is 452 g/mol. The molecule has 0 atom stereocenters. The van der Waals surface area contributed by atoms with E-state index < -0.39 is 4.92 Å². The Kier molecular flexibility index (Phi) is 6.76. The number of nitrogens with one attached hydrogen (secondary N) is 2. The number of fused-ring (bicyclic) bond motifs is 1. The van der Waals surface area contributed by atoms with Crippen LogP contribution in [0, 0.1) is 17.0 Å². The van der Waals surface area contributed by atoms with Crippen molar-refractivity contribution in [2.45, 2.75) is 70.4 Å². The van der Waals surface area contributed by atoms with Crippen molar-refractivity contribution >= 4 is 23.4 Å². The Morgan fingerprint density at radius 1 is 1.09 bits per heavy atom. The van der Waals surface area contributed by atoms with E-state index in [-0.39, 0.29) is 23.7 Å². The Morgan fingerprint density at radius 2 is 1.79 bits per heavy atom. The fraction of sp³-hybridized carbons (Fsp3) is 0.542. The van der Waals surface area contributed by atoms with Gasteiger partial charge in [-0.3, -0.25) is 14.9 Å². The van der Waals surface area contributed by atoms with Crippen molar-refractivity contribution in [3.63, 3.8) is 0 Å². The summed E-state index contributed by atoms with van der Waals surface area (Å²) in [5, 5.41) is 17.6. The number of hydrogen-bond donors (Lipinski definition) is 2. The van der Waals surface area contributed by atoms with E-state index in [1.165, 1.54) is 36.2 Å². The summed E-state index contributed by atoms with van der Waals surface area (Å²) in [6.45, 7) is 1.65. The van der Waals surface area contributed by atoms with Crippen LogP contribution in [0.25, 0.3) is 0 Å². The van der Waals surface area contributed by atoms with Gasteiger partial charge >= 0.3 is 0 Å². The van der Waals surface area contributed by atoms with E-state index in [4.69, 9.17) is 9.97 Å². The molecule has 9 heteroatoms. The van der Waals surface area contributed by atoms with Gasteiger partial charge in [-0.15, -0.1) is 0 Å². The summed E-state index contributed by atoms with van der Waals surface area (Å²) in [6.07, 6.45) is 7.98. The van der Waals surface area contributed by atoms with Crippen LogP contribution in [0.2, 0.25) is 0 Å². The van der Waals surface area contributed by atoms with Gasteiger partial charge in [0.1, 0.15) is 5.82 Å². The van der Waals surface area contributed by atoms with Crippen molar-refractivity contribution in [3.8, 4) is 0 Å². The van der Waals surface area contributed by atoms with E-state index in [1.54, 1.807) is 13.0 Å². The molecule has 0 aliphatic heterocycles. The lowest BCUT2D eigenvalue weighted by Crippen LogP contribution is -2.40. The number of anilines is 2. The van der Waals surface area contributed by atoms with Crippen molar-refractivity contribution in [3.05, 3.63) is 50.7 Å². The van der Waals surface area contributed by atoms with Gasteiger partial charge in [0.05, 0.1) is 10.6 Å². The van der Waals surface area contributed by atoms with Crippen molar-refractivity contribution in [1.29, 1.82) is 0 Å². The molecule has 2 aromatic rings. The maximum absolute atomic E-state index is 12.6. The number of carbonyl (C=O) groups excluding carboxylic acids is 1. The van der Waals surface area contributed by atoms with Gasteiger partial charge in [0.25, 0.3) is 11.6 Å². The first-order valence-electron chi connectivity index (χ1n) is 11.7. The topological polar surface area (TPSA) is 113 Å². The molecule has 0 unspecified atom stereocenters. The summed E-state index contributed by atoms with van der Waals surface area (Å²) in [5.41, 5.74) is 3.42. The SMILES string of the molecule is Cc1cc(C(=O)NC2CCC(Nc3nc4c(c(N(C)C)n3)CCCC4)CC2)ccc1[N+](=O)[O-]. The molecule has 0 saturated heterocycles. The molecule has 1 heterocycles. The smallest absolute Gasteiger partial charge is 0.272 e. The van der Waals surface area contributed by atoms with E-state index in [9.17, 15) is 14.9 Å². The Morgan fingerprint density at radius 3 is 2.45 bits per heavy atom. The third kappa shape index (κ3) is 5.23. The molecule has 0 spiro atoms. The third-order valence-corrected chi connectivity index (χ3v) is 6.64. The van der Waals surface area contributed by atoms with Crippen LogP contribution in [0.15, 0.2) is 18.2 Å². The molecule has 2 N–H and O–H groups in total. The molecule has 176 valence electrons. The van der Waals surface area contributed by atoms with Crippen LogP contribution in [0.4, 0.5) is 17.5 Å². The number of nitro benzene ring substituents is 1. The van der Waals surface area contributed by atoms with Crippen LogP contribution in [-0.2, 0) is 12.8 Å². The van der Waals surface area contributed by atoms with Crippen LogP contribution < -0.4 is 15.5 Å².